The van der Waals surface area contributed by atoms with Crippen LogP contribution in [0, 0.1) is 0 Å². The fourth-order valence-corrected chi connectivity index (χ4v) is 1.31. The van der Waals surface area contributed by atoms with Gasteiger partial charge in [0.05, 0.1) is 0 Å². The van der Waals surface area contributed by atoms with Gasteiger partial charge in [0.25, 0.3) is 0 Å². The average Bonchev–Trinajstić information content (AvgIpc) is 2.16. The lowest BCUT2D eigenvalue weighted by Gasteiger charge is -2.22. The Labute approximate surface area is 104 Å². The zero-order chi connectivity index (χ0) is 9.68. The Morgan fingerprint density at radius 3 is 2.07 bits per heavy atom. The van der Waals surface area contributed by atoms with Gasteiger partial charge >= 0.3 is 0 Å². The van der Waals surface area contributed by atoms with Crippen molar-refractivity contribution in [2.24, 2.45) is 5.73 Å². The Balaban J connectivity index is 0. The fraction of sp³-hybridized carbons (Fsp3) is 0.400. The van der Waals surface area contributed by atoms with E-state index in [4.69, 9.17) is 11.5 Å². The normalized spacial score (nSPS) is 8.67. The summed E-state index contributed by atoms with van der Waals surface area (Å²) in [7, 11) is 0. The predicted octanol–water partition coefficient (Wildman–Crippen LogP) is 1.90. The lowest BCUT2D eigenvalue weighted by molar-refractivity contribution is 0.817. The van der Waals surface area contributed by atoms with Crippen LogP contribution in [0.1, 0.15) is 6.92 Å². The Bertz CT molecular complexity index is 251. The maximum absolute atomic E-state index is 5.60. The fourth-order valence-electron chi connectivity index (χ4n) is 1.31. The van der Waals surface area contributed by atoms with Gasteiger partial charge in [0.2, 0.25) is 0 Å². The van der Waals surface area contributed by atoms with Crippen LogP contribution in [-0.4, -0.2) is 19.6 Å². The first-order valence-corrected chi connectivity index (χ1v) is 4.58. The number of nitrogens with zero attached hydrogens (tertiary/aromatic N) is 1. The molecule has 0 heterocycles. The number of benzene rings is 1. The maximum atomic E-state index is 5.60. The molecule has 1 aromatic carbocycles. The predicted molar refractivity (Wildman–Crippen MR) is 72.3 cm³/mol. The molecule has 0 fully saturated rings. The van der Waals surface area contributed by atoms with Gasteiger partial charge in [-0.3, -0.25) is 0 Å². The van der Waals surface area contributed by atoms with Crippen molar-refractivity contribution >= 4 is 36.2 Å². The molecular formula is C10H19Cl2N3. The number of rotatable bonds is 4. The van der Waals surface area contributed by atoms with E-state index in [-0.39, 0.29) is 24.8 Å². The van der Waals surface area contributed by atoms with Crippen LogP contribution >= 0.6 is 24.8 Å². The Morgan fingerprint density at radius 1 is 1.13 bits per heavy atom. The number of anilines is 2. The summed E-state index contributed by atoms with van der Waals surface area (Å²) >= 11 is 0. The molecule has 0 aliphatic heterocycles. The first-order valence-electron chi connectivity index (χ1n) is 4.58. The maximum Gasteiger partial charge on any atom is 0.0368 e. The molecule has 0 spiro atoms. The van der Waals surface area contributed by atoms with E-state index in [1.807, 2.05) is 24.3 Å². The van der Waals surface area contributed by atoms with Crippen LogP contribution in [0.15, 0.2) is 24.3 Å². The molecule has 0 saturated carbocycles. The molecule has 0 saturated heterocycles. The van der Waals surface area contributed by atoms with Gasteiger partial charge in [-0.15, -0.1) is 24.8 Å². The second kappa shape index (κ2) is 8.65. The first kappa shape index (κ1) is 16.8. The van der Waals surface area contributed by atoms with Crippen LogP contribution in [0.5, 0.6) is 0 Å². The van der Waals surface area contributed by atoms with E-state index in [2.05, 4.69) is 11.8 Å². The third kappa shape index (κ3) is 5.11. The van der Waals surface area contributed by atoms with Crippen LogP contribution in [-0.2, 0) is 0 Å². The van der Waals surface area contributed by atoms with Crippen molar-refractivity contribution in [3.8, 4) is 0 Å². The van der Waals surface area contributed by atoms with Crippen molar-refractivity contribution in [3.63, 3.8) is 0 Å². The van der Waals surface area contributed by atoms with E-state index in [1.165, 1.54) is 5.69 Å². The quantitative estimate of drug-likeness (QED) is 0.805. The molecule has 0 unspecified atom stereocenters. The van der Waals surface area contributed by atoms with Gasteiger partial charge in [-0.2, -0.15) is 0 Å². The van der Waals surface area contributed by atoms with Gasteiger partial charge in [-0.25, -0.2) is 0 Å². The van der Waals surface area contributed by atoms with Gasteiger partial charge in [-0.05, 0) is 31.2 Å². The molecular weight excluding hydrogens is 233 g/mol. The Kier molecular flexibility index (Phi) is 9.68. The molecule has 4 N–H and O–H groups in total. The van der Waals surface area contributed by atoms with E-state index in [1.54, 1.807) is 0 Å². The van der Waals surface area contributed by atoms with Crippen molar-refractivity contribution in [3.05, 3.63) is 24.3 Å². The summed E-state index contributed by atoms with van der Waals surface area (Å²) in [4.78, 5) is 2.22. The van der Waals surface area contributed by atoms with Crippen molar-refractivity contribution < 1.29 is 0 Å². The third-order valence-corrected chi connectivity index (χ3v) is 2.04. The minimum Gasteiger partial charge on any atom is -0.399 e. The van der Waals surface area contributed by atoms with Crippen molar-refractivity contribution in [2.75, 3.05) is 30.3 Å². The molecule has 0 aliphatic rings. The van der Waals surface area contributed by atoms with E-state index in [0.29, 0.717) is 6.54 Å². The van der Waals surface area contributed by atoms with Crippen LogP contribution < -0.4 is 16.4 Å². The molecule has 88 valence electrons. The van der Waals surface area contributed by atoms with Crippen LogP contribution in [0.4, 0.5) is 11.4 Å². The van der Waals surface area contributed by atoms with E-state index in [9.17, 15) is 0 Å². The monoisotopic (exact) mass is 251 g/mol. The highest BCUT2D eigenvalue weighted by Gasteiger charge is 2.01. The summed E-state index contributed by atoms with van der Waals surface area (Å²) in [5.41, 5.74) is 13.1. The lowest BCUT2D eigenvalue weighted by Crippen LogP contribution is -2.28. The van der Waals surface area contributed by atoms with Crippen LogP contribution in [0.3, 0.4) is 0 Å². The van der Waals surface area contributed by atoms with E-state index >= 15 is 0 Å². The standard InChI is InChI=1S/C10H17N3.2ClH/c1-2-13(8-7-11)10-5-3-9(12)4-6-10;;/h3-6H,2,7-8,11-12H2,1H3;2*1H. The zero-order valence-corrected chi connectivity index (χ0v) is 10.5. The summed E-state index contributed by atoms with van der Waals surface area (Å²) in [6, 6.07) is 7.87. The van der Waals surface area contributed by atoms with Crippen molar-refractivity contribution in [1.29, 1.82) is 0 Å². The Hall–Kier alpha value is -0.640. The first-order chi connectivity index (χ1) is 6.27. The highest BCUT2D eigenvalue weighted by atomic mass is 35.5. The molecule has 0 radical (unpaired) electrons. The molecule has 1 aromatic rings. The molecule has 0 atom stereocenters. The summed E-state index contributed by atoms with van der Waals surface area (Å²) < 4.78 is 0. The molecule has 0 bridgehead atoms. The molecule has 0 aromatic heterocycles. The van der Waals surface area contributed by atoms with Crippen molar-refractivity contribution in [1.82, 2.24) is 0 Å². The second-order valence-electron chi connectivity index (χ2n) is 2.96. The Morgan fingerprint density at radius 2 is 1.67 bits per heavy atom. The molecule has 3 nitrogen and oxygen atoms in total. The summed E-state index contributed by atoms with van der Waals surface area (Å²) in [6.45, 7) is 4.66. The number of nitrogen functional groups attached to an aromatic ring is 1. The van der Waals surface area contributed by atoms with Gasteiger partial charge in [0, 0.05) is 31.0 Å². The smallest absolute Gasteiger partial charge is 0.0368 e. The molecule has 0 amide bonds. The van der Waals surface area contributed by atoms with Crippen LogP contribution in [0.2, 0.25) is 0 Å². The van der Waals surface area contributed by atoms with Gasteiger partial charge < -0.3 is 16.4 Å². The largest absolute Gasteiger partial charge is 0.399 e. The number of nitrogens with two attached hydrogens (primary N) is 2. The SMILES string of the molecule is CCN(CCN)c1ccc(N)cc1.Cl.Cl. The molecule has 5 heteroatoms. The molecule has 1 rings (SSSR count). The van der Waals surface area contributed by atoms with Crippen molar-refractivity contribution in [2.45, 2.75) is 6.92 Å². The summed E-state index contributed by atoms with van der Waals surface area (Å²) in [6.07, 6.45) is 0. The van der Waals surface area contributed by atoms with Gasteiger partial charge in [-0.1, -0.05) is 0 Å². The average molecular weight is 252 g/mol. The zero-order valence-electron chi connectivity index (χ0n) is 8.85. The summed E-state index contributed by atoms with van der Waals surface area (Å²) in [5.74, 6) is 0. The number of likely N-dealkylation sites (N-methyl/N-ethyl adjacent to an activating group) is 1. The molecule has 15 heavy (non-hydrogen) atoms. The second-order valence-corrected chi connectivity index (χ2v) is 2.96. The lowest BCUT2D eigenvalue weighted by atomic mass is 10.2. The third-order valence-electron chi connectivity index (χ3n) is 2.04. The van der Waals surface area contributed by atoms with E-state index < -0.39 is 0 Å². The minimum atomic E-state index is 0. The number of hydrogen-bond acceptors (Lipinski definition) is 3. The minimum absolute atomic E-state index is 0. The van der Waals surface area contributed by atoms with Gasteiger partial charge in [0.1, 0.15) is 0 Å². The topological polar surface area (TPSA) is 55.3 Å². The molecule has 0 aliphatic carbocycles. The van der Waals surface area contributed by atoms with Crippen LogP contribution in [0.25, 0.3) is 0 Å². The highest BCUT2D eigenvalue weighted by Crippen LogP contribution is 2.15. The van der Waals surface area contributed by atoms with E-state index in [0.717, 1.165) is 18.8 Å². The number of halogens is 2. The number of hydrogen-bond donors (Lipinski definition) is 2. The highest BCUT2D eigenvalue weighted by molar-refractivity contribution is 5.85. The summed E-state index contributed by atoms with van der Waals surface area (Å²) in [5, 5.41) is 0. The van der Waals surface area contributed by atoms with Gasteiger partial charge in [0.15, 0.2) is 0 Å².